The molecule has 0 aromatic heterocycles. The van der Waals surface area contributed by atoms with E-state index in [1.807, 2.05) is 8.80 Å². The van der Waals surface area contributed by atoms with Crippen molar-refractivity contribution in [2.45, 2.75) is 0 Å². The molecule has 0 unspecified atom stereocenters. The van der Waals surface area contributed by atoms with Crippen LogP contribution in [0.25, 0.3) is 0 Å². The number of rotatable bonds is 4. The molecule has 0 radical (unpaired) electrons. The second-order valence-electron chi connectivity index (χ2n) is 1.29. The summed E-state index contributed by atoms with van der Waals surface area (Å²) >= 11 is 0. The fourth-order valence-corrected chi connectivity index (χ4v) is 1.53. The zero-order chi connectivity index (χ0) is 10.5. The Hall–Kier alpha value is -1.38. The second kappa shape index (κ2) is 4.03. The van der Waals surface area contributed by atoms with E-state index in [0.717, 1.165) is 0 Å². The molecular formula is C2N2O7S2. The highest BCUT2D eigenvalue weighted by atomic mass is 32.3. The lowest BCUT2D eigenvalue weighted by molar-refractivity contribution is 0.463. The van der Waals surface area contributed by atoms with Crippen molar-refractivity contribution in [2.75, 3.05) is 0 Å². The molecule has 0 aromatic rings. The summed E-state index contributed by atoms with van der Waals surface area (Å²) in [6.45, 7) is 0. The highest BCUT2D eigenvalue weighted by molar-refractivity contribution is 7.98. The summed E-state index contributed by atoms with van der Waals surface area (Å²) in [7, 11) is -9.94. The molecule has 0 heterocycles. The van der Waals surface area contributed by atoms with Gasteiger partial charge in [0.05, 0.1) is 0 Å². The summed E-state index contributed by atoms with van der Waals surface area (Å²) < 4.78 is 48.4. The molecule has 9 nitrogen and oxygen atoms in total. The van der Waals surface area contributed by atoms with Gasteiger partial charge in [-0.05, 0) is 0 Å². The first-order valence-electron chi connectivity index (χ1n) is 2.22. The van der Waals surface area contributed by atoms with Crippen LogP contribution < -0.4 is 0 Å². The molecular weight excluding hydrogens is 228 g/mol. The molecule has 0 saturated carbocycles. The predicted octanol–water partition coefficient (Wildman–Crippen LogP) is -1.84. The summed E-state index contributed by atoms with van der Waals surface area (Å²) in [6, 6.07) is 0. The molecule has 0 aromatic carbocycles. The summed E-state index contributed by atoms with van der Waals surface area (Å²) in [4.78, 5) is 18.8. The van der Waals surface area contributed by atoms with Gasteiger partial charge < -0.3 is 0 Å². The quantitative estimate of drug-likeness (QED) is 0.407. The number of nitrogens with zero attached hydrogens (tertiary/aromatic N) is 2. The van der Waals surface area contributed by atoms with Gasteiger partial charge in [-0.3, -0.25) is 0 Å². The summed E-state index contributed by atoms with van der Waals surface area (Å²) in [5.74, 6) is 0. The van der Waals surface area contributed by atoms with Crippen molar-refractivity contribution >= 4 is 32.8 Å². The van der Waals surface area contributed by atoms with Crippen molar-refractivity contribution in [3.05, 3.63) is 0 Å². The van der Waals surface area contributed by atoms with E-state index in [0.29, 0.717) is 12.2 Å². The lowest BCUT2D eigenvalue weighted by atomic mass is 11.7. The number of carbonyl (C=O) groups excluding carboxylic acids is 2. The van der Waals surface area contributed by atoms with Crippen LogP contribution in [-0.2, 0) is 33.8 Å². The second-order valence-corrected chi connectivity index (χ2v) is 3.91. The highest BCUT2D eigenvalue weighted by Crippen LogP contribution is 2.02. The normalized spacial score (nSPS) is 11.1. The molecule has 0 spiro atoms. The minimum absolute atomic E-state index is 0.530. The van der Waals surface area contributed by atoms with Gasteiger partial charge in [0.15, 0.2) is 0 Å². The monoisotopic (exact) mass is 228 g/mol. The zero-order valence-corrected chi connectivity index (χ0v) is 7.20. The first-order valence-corrected chi connectivity index (χ1v) is 4.95. The largest absolute Gasteiger partial charge is 0.407 e. The first kappa shape index (κ1) is 11.6. The molecule has 0 bridgehead atoms. The average molecular weight is 228 g/mol. The number of isocyanates is 2. The van der Waals surface area contributed by atoms with Gasteiger partial charge in [-0.15, -0.1) is 3.63 Å². The Morgan fingerprint density at radius 3 is 1.38 bits per heavy atom. The topological polar surface area (TPSA) is 136 Å². The Labute approximate surface area is 72.3 Å². The standard InChI is InChI=1S/C2N2O7S2/c5-1-3-12(7,8)11-13(9,10)4-2-6. The van der Waals surface area contributed by atoms with Gasteiger partial charge >= 0.3 is 20.6 Å². The van der Waals surface area contributed by atoms with Gasteiger partial charge in [0, 0.05) is 0 Å². The fourth-order valence-electron chi connectivity index (χ4n) is 0.230. The van der Waals surface area contributed by atoms with Crippen molar-refractivity contribution in [3.63, 3.8) is 0 Å². The van der Waals surface area contributed by atoms with Crippen molar-refractivity contribution in [2.24, 2.45) is 8.80 Å². The first-order chi connectivity index (χ1) is 5.83. The van der Waals surface area contributed by atoms with Crippen molar-refractivity contribution in [1.82, 2.24) is 0 Å². The van der Waals surface area contributed by atoms with Crippen LogP contribution >= 0.6 is 0 Å². The fraction of sp³-hybridized carbons (Fsp3) is 0. The summed E-state index contributed by atoms with van der Waals surface area (Å²) in [5.41, 5.74) is 0. The third-order valence-corrected chi connectivity index (χ3v) is 2.44. The van der Waals surface area contributed by atoms with Crippen LogP contribution in [0, 0.1) is 0 Å². The molecule has 0 aliphatic rings. The molecule has 13 heavy (non-hydrogen) atoms. The Morgan fingerprint density at radius 1 is 0.846 bits per heavy atom. The highest BCUT2D eigenvalue weighted by Gasteiger charge is 2.21. The van der Waals surface area contributed by atoms with Crippen LogP contribution in [-0.4, -0.2) is 29.0 Å². The Bertz CT molecular complexity index is 427. The maximum atomic E-state index is 10.3. The molecule has 11 heteroatoms. The minimum atomic E-state index is -4.97. The molecule has 0 amide bonds. The Kier molecular flexibility index (Phi) is 3.60. The molecule has 0 aliphatic heterocycles. The van der Waals surface area contributed by atoms with E-state index in [1.165, 1.54) is 0 Å². The molecule has 0 rings (SSSR count). The van der Waals surface area contributed by atoms with E-state index in [2.05, 4.69) is 3.63 Å². The van der Waals surface area contributed by atoms with Crippen LogP contribution in [0.3, 0.4) is 0 Å². The minimum Gasteiger partial charge on any atom is -0.210 e. The third-order valence-electron chi connectivity index (χ3n) is 0.470. The molecule has 0 fully saturated rings. The van der Waals surface area contributed by atoms with Crippen LogP contribution in [0.1, 0.15) is 0 Å². The molecule has 0 saturated heterocycles. The molecule has 0 N–H and O–H groups in total. The molecule has 0 aliphatic carbocycles. The SMILES string of the molecule is O=C=NS(=O)(=O)OS(=O)(=O)N=C=O. The Balaban J connectivity index is 5.06. The van der Waals surface area contributed by atoms with E-state index < -0.39 is 20.6 Å². The van der Waals surface area contributed by atoms with Crippen LogP contribution in [0.15, 0.2) is 8.80 Å². The summed E-state index contributed by atoms with van der Waals surface area (Å²) in [5, 5.41) is 0. The summed E-state index contributed by atoms with van der Waals surface area (Å²) in [6.07, 6.45) is 1.06. The molecule has 72 valence electrons. The van der Waals surface area contributed by atoms with E-state index in [1.54, 1.807) is 0 Å². The van der Waals surface area contributed by atoms with Crippen LogP contribution in [0.2, 0.25) is 0 Å². The Morgan fingerprint density at radius 2 is 1.15 bits per heavy atom. The van der Waals surface area contributed by atoms with Gasteiger partial charge in [0.1, 0.15) is 0 Å². The van der Waals surface area contributed by atoms with Gasteiger partial charge in [-0.25, -0.2) is 9.59 Å². The van der Waals surface area contributed by atoms with Crippen molar-refractivity contribution < 1.29 is 30.1 Å². The van der Waals surface area contributed by atoms with E-state index in [9.17, 15) is 26.4 Å². The van der Waals surface area contributed by atoms with E-state index in [4.69, 9.17) is 0 Å². The maximum Gasteiger partial charge on any atom is 0.407 e. The maximum absolute atomic E-state index is 10.3. The van der Waals surface area contributed by atoms with Gasteiger partial charge in [-0.1, -0.05) is 8.80 Å². The van der Waals surface area contributed by atoms with E-state index >= 15 is 0 Å². The number of hydrogen-bond acceptors (Lipinski definition) is 7. The van der Waals surface area contributed by atoms with Crippen molar-refractivity contribution in [3.8, 4) is 0 Å². The average Bonchev–Trinajstić information content (AvgIpc) is 1.82. The van der Waals surface area contributed by atoms with Crippen molar-refractivity contribution in [1.29, 1.82) is 0 Å². The van der Waals surface area contributed by atoms with Crippen LogP contribution in [0.5, 0.6) is 0 Å². The predicted molar refractivity (Wildman–Crippen MR) is 35.2 cm³/mol. The third kappa shape index (κ3) is 4.95. The van der Waals surface area contributed by atoms with Gasteiger partial charge in [0.25, 0.3) is 12.2 Å². The van der Waals surface area contributed by atoms with Crippen LogP contribution in [0.4, 0.5) is 0 Å². The van der Waals surface area contributed by atoms with Gasteiger partial charge in [-0.2, -0.15) is 16.8 Å². The lowest BCUT2D eigenvalue weighted by Gasteiger charge is -1.91. The number of hydrogen-bond donors (Lipinski definition) is 0. The van der Waals surface area contributed by atoms with Gasteiger partial charge in [0.2, 0.25) is 0 Å². The smallest absolute Gasteiger partial charge is 0.210 e. The lowest BCUT2D eigenvalue weighted by Crippen LogP contribution is -2.08. The van der Waals surface area contributed by atoms with E-state index in [-0.39, 0.29) is 0 Å². The zero-order valence-electron chi connectivity index (χ0n) is 5.57. The molecule has 0 atom stereocenters.